The summed E-state index contributed by atoms with van der Waals surface area (Å²) in [7, 11) is 0. The van der Waals surface area contributed by atoms with Gasteiger partial charge in [-0.25, -0.2) is 4.98 Å². The van der Waals surface area contributed by atoms with Gasteiger partial charge in [0.15, 0.2) is 0 Å². The van der Waals surface area contributed by atoms with E-state index in [-0.39, 0.29) is 17.5 Å². The molecule has 2 fully saturated rings. The highest BCUT2D eigenvalue weighted by Crippen LogP contribution is 2.35. The van der Waals surface area contributed by atoms with Crippen LogP contribution in [-0.2, 0) is 4.79 Å². The molecule has 0 aromatic carbocycles. The number of hydrogen-bond acceptors (Lipinski definition) is 6. The Kier molecular flexibility index (Phi) is 5.25. The van der Waals surface area contributed by atoms with E-state index in [2.05, 4.69) is 4.90 Å². The first-order valence-corrected chi connectivity index (χ1v) is 10.8. The van der Waals surface area contributed by atoms with Crippen LogP contribution < -0.4 is 10.5 Å². The topological polar surface area (TPSA) is 57.9 Å². The van der Waals surface area contributed by atoms with E-state index < -0.39 is 0 Å². The van der Waals surface area contributed by atoms with Gasteiger partial charge in [0.2, 0.25) is 0 Å². The van der Waals surface area contributed by atoms with Crippen LogP contribution in [0.15, 0.2) is 34.1 Å². The third-order valence-corrected chi connectivity index (χ3v) is 6.62. The molecule has 0 bridgehead atoms. The molecular weight excluding hydrogens is 392 g/mol. The summed E-state index contributed by atoms with van der Waals surface area (Å²) in [5.41, 5.74) is 0.898. The van der Waals surface area contributed by atoms with E-state index in [0.29, 0.717) is 26.3 Å². The highest BCUT2D eigenvalue weighted by atomic mass is 32.2. The van der Waals surface area contributed by atoms with Crippen LogP contribution in [-0.4, -0.2) is 43.6 Å². The highest BCUT2D eigenvalue weighted by Gasteiger charge is 2.35. The number of thioether (sulfide) groups is 1. The number of rotatable bonds is 4. The van der Waals surface area contributed by atoms with Crippen LogP contribution in [0.5, 0.6) is 0 Å². The van der Waals surface area contributed by atoms with Crippen LogP contribution in [0, 0.1) is 0 Å². The summed E-state index contributed by atoms with van der Waals surface area (Å²) in [5.74, 6) is 0.525. The number of carbonyl (C=O) groups is 1. The number of aromatic nitrogens is 2. The number of amides is 1. The van der Waals surface area contributed by atoms with Gasteiger partial charge < -0.3 is 4.90 Å². The van der Waals surface area contributed by atoms with Crippen molar-refractivity contribution in [3.63, 3.8) is 0 Å². The van der Waals surface area contributed by atoms with Crippen molar-refractivity contribution in [1.82, 2.24) is 14.3 Å². The quantitative estimate of drug-likeness (QED) is 0.565. The molecule has 0 aliphatic carbocycles. The lowest BCUT2D eigenvalue weighted by Crippen LogP contribution is -2.36. The van der Waals surface area contributed by atoms with Gasteiger partial charge in [0.25, 0.3) is 11.5 Å². The minimum absolute atomic E-state index is 0.0345. The Morgan fingerprint density at radius 2 is 2.04 bits per heavy atom. The molecule has 8 heteroatoms. The van der Waals surface area contributed by atoms with Crippen LogP contribution in [0.4, 0.5) is 5.82 Å². The Bertz CT molecular complexity index is 1040. The van der Waals surface area contributed by atoms with Crippen molar-refractivity contribution in [2.45, 2.75) is 39.2 Å². The second-order valence-electron chi connectivity index (χ2n) is 7.09. The SMILES string of the molecule is CCC(C)N1C(=O)/C(=C/c2c(N3CCCC3)nc3ccccn3c2=O)SC1=S. The molecule has 146 valence electrons. The molecule has 0 spiro atoms. The molecule has 0 radical (unpaired) electrons. The lowest BCUT2D eigenvalue weighted by atomic mass is 10.2. The molecule has 6 nitrogen and oxygen atoms in total. The van der Waals surface area contributed by atoms with Gasteiger partial charge in [-0.2, -0.15) is 0 Å². The van der Waals surface area contributed by atoms with Crippen molar-refractivity contribution in [3.05, 3.63) is 45.2 Å². The van der Waals surface area contributed by atoms with Crippen molar-refractivity contribution in [2.75, 3.05) is 18.0 Å². The minimum atomic E-state index is -0.165. The predicted molar refractivity (Wildman–Crippen MR) is 118 cm³/mol. The molecule has 2 aliphatic heterocycles. The van der Waals surface area contributed by atoms with Gasteiger partial charge in [-0.1, -0.05) is 37.0 Å². The van der Waals surface area contributed by atoms with Crippen molar-refractivity contribution in [2.24, 2.45) is 0 Å². The largest absolute Gasteiger partial charge is 0.356 e. The maximum absolute atomic E-state index is 13.2. The number of hydrogen-bond donors (Lipinski definition) is 0. The molecule has 28 heavy (non-hydrogen) atoms. The Morgan fingerprint density at radius 3 is 2.75 bits per heavy atom. The monoisotopic (exact) mass is 414 g/mol. The number of thiocarbonyl (C=S) groups is 1. The fourth-order valence-corrected chi connectivity index (χ4v) is 5.00. The Balaban J connectivity index is 1.86. The minimum Gasteiger partial charge on any atom is -0.356 e. The van der Waals surface area contributed by atoms with Crippen LogP contribution in [0.3, 0.4) is 0 Å². The summed E-state index contributed by atoms with van der Waals surface area (Å²) in [4.78, 5) is 35.2. The Hall–Kier alpha value is -2.19. The molecule has 2 aliphatic rings. The zero-order valence-corrected chi connectivity index (χ0v) is 17.6. The second-order valence-corrected chi connectivity index (χ2v) is 8.76. The first kappa shape index (κ1) is 19.1. The normalized spacial score (nSPS) is 20.0. The van der Waals surface area contributed by atoms with Crippen LogP contribution >= 0.6 is 24.0 Å². The van der Waals surface area contributed by atoms with Crippen LogP contribution in [0.25, 0.3) is 11.7 Å². The number of anilines is 1. The molecule has 2 aromatic rings. The lowest BCUT2D eigenvalue weighted by molar-refractivity contribution is -0.123. The molecule has 1 amide bonds. The first-order valence-electron chi connectivity index (χ1n) is 9.54. The maximum Gasteiger partial charge on any atom is 0.267 e. The summed E-state index contributed by atoms with van der Waals surface area (Å²) < 4.78 is 2.07. The number of carbonyl (C=O) groups excluding carboxylic acids is 1. The van der Waals surface area contributed by atoms with Gasteiger partial charge in [0.05, 0.1) is 10.5 Å². The van der Waals surface area contributed by atoms with E-state index >= 15 is 0 Å². The standard InChI is InChI=1S/C20H22N4O2S2/c1-3-13(2)24-19(26)15(28-20(24)27)12-14-17(22-9-6-7-10-22)21-16-8-4-5-11-23(16)18(14)25/h4-5,8,11-13H,3,6-7,9-10H2,1-2H3/b15-12-. The third kappa shape index (κ3) is 3.24. The second kappa shape index (κ2) is 7.67. The van der Waals surface area contributed by atoms with Gasteiger partial charge in [-0.3, -0.25) is 18.9 Å². The van der Waals surface area contributed by atoms with E-state index in [1.807, 2.05) is 26.0 Å². The summed E-state index contributed by atoms with van der Waals surface area (Å²) in [6.45, 7) is 5.74. The van der Waals surface area contributed by atoms with Gasteiger partial charge in [-0.15, -0.1) is 0 Å². The average molecular weight is 415 g/mol. The average Bonchev–Trinajstić information content (AvgIpc) is 3.32. The van der Waals surface area contributed by atoms with Crippen molar-refractivity contribution >= 4 is 51.7 Å². The number of fused-ring (bicyclic) bond motifs is 1. The fraction of sp³-hybridized carbons (Fsp3) is 0.400. The lowest BCUT2D eigenvalue weighted by Gasteiger charge is -2.21. The molecule has 0 N–H and O–H groups in total. The van der Waals surface area contributed by atoms with Gasteiger partial charge >= 0.3 is 0 Å². The first-order chi connectivity index (χ1) is 13.5. The van der Waals surface area contributed by atoms with E-state index in [1.54, 1.807) is 23.2 Å². The molecule has 1 atom stereocenters. The third-order valence-electron chi connectivity index (χ3n) is 5.29. The summed E-state index contributed by atoms with van der Waals surface area (Å²) in [5, 5.41) is 0. The summed E-state index contributed by atoms with van der Waals surface area (Å²) in [6.07, 6.45) is 6.36. The zero-order valence-electron chi connectivity index (χ0n) is 15.9. The molecule has 2 saturated heterocycles. The molecular formula is C20H22N4O2S2. The predicted octanol–water partition coefficient (Wildman–Crippen LogP) is 3.29. The van der Waals surface area contributed by atoms with E-state index in [9.17, 15) is 9.59 Å². The molecule has 2 aromatic heterocycles. The van der Waals surface area contributed by atoms with Crippen LogP contribution in [0.2, 0.25) is 0 Å². The van der Waals surface area contributed by atoms with E-state index in [4.69, 9.17) is 17.2 Å². The summed E-state index contributed by atoms with van der Waals surface area (Å²) >= 11 is 6.68. The van der Waals surface area contributed by atoms with E-state index in [0.717, 1.165) is 32.4 Å². The van der Waals surface area contributed by atoms with Gasteiger partial charge in [-0.05, 0) is 44.4 Å². The summed E-state index contributed by atoms with van der Waals surface area (Å²) in [6, 6.07) is 5.53. The fourth-order valence-electron chi connectivity index (χ4n) is 3.56. The Labute approximate surface area is 173 Å². The highest BCUT2D eigenvalue weighted by molar-refractivity contribution is 8.26. The zero-order chi connectivity index (χ0) is 19.8. The molecule has 1 unspecified atom stereocenters. The van der Waals surface area contributed by atoms with Gasteiger partial charge in [0.1, 0.15) is 15.8 Å². The van der Waals surface area contributed by atoms with Gasteiger partial charge in [0, 0.05) is 25.3 Å². The van der Waals surface area contributed by atoms with Crippen molar-refractivity contribution in [3.8, 4) is 0 Å². The van der Waals surface area contributed by atoms with Crippen LogP contribution in [0.1, 0.15) is 38.7 Å². The number of nitrogens with zero attached hydrogens (tertiary/aromatic N) is 4. The maximum atomic E-state index is 13.2. The van der Waals surface area contributed by atoms with Crippen molar-refractivity contribution < 1.29 is 4.79 Å². The van der Waals surface area contributed by atoms with E-state index in [1.165, 1.54) is 16.2 Å². The smallest absolute Gasteiger partial charge is 0.267 e. The van der Waals surface area contributed by atoms with Crippen molar-refractivity contribution in [1.29, 1.82) is 0 Å². The molecule has 4 rings (SSSR count). The molecule has 0 saturated carbocycles. The molecule has 4 heterocycles. The number of pyridine rings is 1. The Morgan fingerprint density at radius 1 is 1.29 bits per heavy atom.